The van der Waals surface area contributed by atoms with E-state index in [1.807, 2.05) is 19.1 Å². The topological polar surface area (TPSA) is 35.2 Å². The molecule has 2 N–H and O–H groups in total. The van der Waals surface area contributed by atoms with Gasteiger partial charge in [-0.1, -0.05) is 11.8 Å². The molecule has 2 rings (SSSR count). The van der Waals surface area contributed by atoms with Gasteiger partial charge in [-0.3, -0.25) is 0 Å². The Morgan fingerprint density at radius 2 is 2.33 bits per heavy atom. The van der Waals surface area contributed by atoms with Crippen LogP contribution in [0.1, 0.15) is 24.5 Å². The fraction of sp³-hybridized carbons (Fsp3) is 0.385. The lowest BCUT2D eigenvalue weighted by Crippen LogP contribution is -2.11. The highest BCUT2D eigenvalue weighted by Crippen LogP contribution is 2.25. The van der Waals surface area contributed by atoms with E-state index >= 15 is 0 Å². The Balaban J connectivity index is 2.25. The first-order chi connectivity index (χ1) is 7.25. The highest BCUT2D eigenvalue weighted by Gasteiger charge is 2.09. The summed E-state index contributed by atoms with van der Waals surface area (Å²) in [5.41, 5.74) is 7.87. The van der Waals surface area contributed by atoms with Gasteiger partial charge in [0.15, 0.2) is 0 Å². The van der Waals surface area contributed by atoms with Crippen molar-refractivity contribution in [3.8, 4) is 17.6 Å². The fourth-order valence-electron chi connectivity index (χ4n) is 1.64. The number of fused-ring (bicyclic) bond motifs is 1. The van der Waals surface area contributed by atoms with E-state index in [-0.39, 0.29) is 6.04 Å². The van der Waals surface area contributed by atoms with Crippen LogP contribution in [0.25, 0.3) is 0 Å². The van der Waals surface area contributed by atoms with Gasteiger partial charge in [-0.25, -0.2) is 0 Å². The molecule has 0 amide bonds. The Labute approximate surface area is 90.4 Å². The molecule has 0 aromatic heterocycles. The summed E-state index contributed by atoms with van der Waals surface area (Å²) < 4.78 is 5.53. The second-order valence-corrected chi connectivity index (χ2v) is 3.83. The predicted molar refractivity (Wildman–Crippen MR) is 60.8 cm³/mol. The van der Waals surface area contributed by atoms with Crippen molar-refractivity contribution in [3.63, 3.8) is 0 Å². The van der Waals surface area contributed by atoms with Gasteiger partial charge in [0.25, 0.3) is 0 Å². The van der Waals surface area contributed by atoms with Gasteiger partial charge in [-0.2, -0.15) is 0 Å². The summed E-state index contributed by atoms with van der Waals surface area (Å²) in [6.45, 7) is 2.71. The zero-order valence-electron chi connectivity index (χ0n) is 8.92. The van der Waals surface area contributed by atoms with Crippen LogP contribution in [-0.2, 0) is 6.42 Å². The van der Waals surface area contributed by atoms with Crippen molar-refractivity contribution < 1.29 is 4.74 Å². The molecule has 0 radical (unpaired) electrons. The van der Waals surface area contributed by atoms with E-state index in [1.54, 1.807) is 0 Å². The van der Waals surface area contributed by atoms with Gasteiger partial charge in [-0.15, -0.1) is 0 Å². The van der Waals surface area contributed by atoms with Gasteiger partial charge in [0.1, 0.15) is 5.75 Å². The summed E-state index contributed by atoms with van der Waals surface area (Å²) in [5.74, 6) is 7.03. The zero-order valence-corrected chi connectivity index (χ0v) is 8.92. The summed E-state index contributed by atoms with van der Waals surface area (Å²) in [6, 6.07) is 6.01. The molecule has 0 bridgehead atoms. The summed E-state index contributed by atoms with van der Waals surface area (Å²) in [7, 11) is 0. The largest absolute Gasteiger partial charge is 0.493 e. The molecule has 1 atom stereocenters. The molecule has 2 heteroatoms. The lowest BCUT2D eigenvalue weighted by molar-refractivity contribution is 0.288. The monoisotopic (exact) mass is 201 g/mol. The van der Waals surface area contributed by atoms with Gasteiger partial charge in [0, 0.05) is 5.56 Å². The first-order valence-electron chi connectivity index (χ1n) is 5.28. The van der Waals surface area contributed by atoms with E-state index in [1.165, 1.54) is 5.56 Å². The number of nitrogens with two attached hydrogens (primary N) is 1. The van der Waals surface area contributed by atoms with Crippen LogP contribution in [0.5, 0.6) is 5.75 Å². The standard InChI is InChI=1S/C13H15NO/c1-10(14)4-5-11-6-7-13-12(9-11)3-2-8-15-13/h6-7,9-10H,2-3,8,14H2,1H3. The number of aryl methyl sites for hydroxylation is 1. The smallest absolute Gasteiger partial charge is 0.122 e. The van der Waals surface area contributed by atoms with Crippen molar-refractivity contribution in [1.29, 1.82) is 0 Å². The number of ether oxygens (including phenoxy) is 1. The molecule has 1 heterocycles. The van der Waals surface area contributed by atoms with Gasteiger partial charge in [-0.05, 0) is 43.5 Å². The average molecular weight is 201 g/mol. The normalized spacial score (nSPS) is 15.6. The third kappa shape index (κ3) is 2.51. The van der Waals surface area contributed by atoms with Crippen molar-refractivity contribution in [1.82, 2.24) is 0 Å². The van der Waals surface area contributed by atoms with E-state index in [0.717, 1.165) is 30.8 Å². The quantitative estimate of drug-likeness (QED) is 0.648. The predicted octanol–water partition coefficient (Wildman–Crippen LogP) is 1.71. The number of hydrogen-bond acceptors (Lipinski definition) is 2. The Bertz CT molecular complexity index is 412. The highest BCUT2D eigenvalue weighted by molar-refractivity contribution is 5.45. The van der Waals surface area contributed by atoms with E-state index < -0.39 is 0 Å². The molecule has 1 aromatic rings. The first-order valence-corrected chi connectivity index (χ1v) is 5.28. The number of hydrogen-bond donors (Lipinski definition) is 1. The summed E-state index contributed by atoms with van der Waals surface area (Å²) in [4.78, 5) is 0. The molecule has 1 aromatic carbocycles. The Kier molecular flexibility index (Phi) is 2.94. The first kappa shape index (κ1) is 10.1. The molecular formula is C13H15NO. The van der Waals surface area contributed by atoms with Crippen molar-refractivity contribution in [2.24, 2.45) is 5.73 Å². The summed E-state index contributed by atoms with van der Waals surface area (Å²) >= 11 is 0. The molecule has 2 nitrogen and oxygen atoms in total. The van der Waals surface area contributed by atoms with Crippen LogP contribution in [0.4, 0.5) is 0 Å². The maximum atomic E-state index is 5.58. The maximum absolute atomic E-state index is 5.58. The molecule has 0 fully saturated rings. The van der Waals surface area contributed by atoms with Gasteiger partial charge >= 0.3 is 0 Å². The fourth-order valence-corrected chi connectivity index (χ4v) is 1.64. The van der Waals surface area contributed by atoms with Crippen LogP contribution >= 0.6 is 0 Å². The Hall–Kier alpha value is -1.46. The van der Waals surface area contributed by atoms with E-state index in [2.05, 4.69) is 17.9 Å². The van der Waals surface area contributed by atoms with Gasteiger partial charge in [0.05, 0.1) is 12.6 Å². The van der Waals surface area contributed by atoms with Crippen LogP contribution < -0.4 is 10.5 Å². The van der Waals surface area contributed by atoms with Crippen LogP contribution in [0.15, 0.2) is 18.2 Å². The van der Waals surface area contributed by atoms with Gasteiger partial charge < -0.3 is 10.5 Å². The second-order valence-electron chi connectivity index (χ2n) is 3.83. The minimum absolute atomic E-state index is 0.0720. The average Bonchev–Trinajstić information content (AvgIpc) is 2.26. The molecule has 1 aliphatic heterocycles. The number of rotatable bonds is 0. The Morgan fingerprint density at radius 3 is 3.13 bits per heavy atom. The van der Waals surface area contributed by atoms with E-state index in [9.17, 15) is 0 Å². The van der Waals surface area contributed by atoms with E-state index in [4.69, 9.17) is 10.5 Å². The van der Waals surface area contributed by atoms with Crippen LogP contribution in [-0.4, -0.2) is 12.6 Å². The van der Waals surface area contributed by atoms with Crippen molar-refractivity contribution >= 4 is 0 Å². The van der Waals surface area contributed by atoms with Crippen molar-refractivity contribution in [2.75, 3.05) is 6.61 Å². The molecule has 0 aliphatic carbocycles. The number of benzene rings is 1. The van der Waals surface area contributed by atoms with Crippen molar-refractivity contribution in [2.45, 2.75) is 25.8 Å². The molecular weight excluding hydrogens is 186 g/mol. The minimum atomic E-state index is -0.0720. The lowest BCUT2D eigenvalue weighted by Gasteiger charge is -2.16. The molecule has 15 heavy (non-hydrogen) atoms. The highest BCUT2D eigenvalue weighted by atomic mass is 16.5. The lowest BCUT2D eigenvalue weighted by atomic mass is 10.0. The molecule has 0 saturated carbocycles. The minimum Gasteiger partial charge on any atom is -0.493 e. The Morgan fingerprint density at radius 1 is 1.47 bits per heavy atom. The molecule has 0 saturated heterocycles. The third-order valence-corrected chi connectivity index (χ3v) is 2.35. The SMILES string of the molecule is CC(N)C#Cc1ccc2c(c1)CCCO2. The molecule has 1 unspecified atom stereocenters. The zero-order chi connectivity index (χ0) is 10.7. The molecule has 1 aliphatic rings. The summed E-state index contributed by atoms with van der Waals surface area (Å²) in [6.07, 6.45) is 2.18. The van der Waals surface area contributed by atoms with Crippen LogP contribution in [0.3, 0.4) is 0 Å². The summed E-state index contributed by atoms with van der Waals surface area (Å²) in [5, 5.41) is 0. The van der Waals surface area contributed by atoms with Crippen molar-refractivity contribution in [3.05, 3.63) is 29.3 Å². The second kappa shape index (κ2) is 4.37. The third-order valence-electron chi connectivity index (χ3n) is 2.35. The van der Waals surface area contributed by atoms with Gasteiger partial charge in [0.2, 0.25) is 0 Å². The van der Waals surface area contributed by atoms with Crippen LogP contribution in [0.2, 0.25) is 0 Å². The molecule has 0 spiro atoms. The molecule has 78 valence electrons. The maximum Gasteiger partial charge on any atom is 0.122 e. The van der Waals surface area contributed by atoms with E-state index in [0.29, 0.717) is 0 Å². The van der Waals surface area contributed by atoms with Crippen LogP contribution in [0, 0.1) is 11.8 Å².